The van der Waals surface area contributed by atoms with Gasteiger partial charge < -0.3 is 15.4 Å². The van der Waals surface area contributed by atoms with Crippen molar-refractivity contribution in [3.05, 3.63) is 83.0 Å². The normalized spacial score (nSPS) is 10.1. The second-order valence-corrected chi connectivity index (χ2v) is 6.03. The number of aromatic nitrogens is 1. The Balaban J connectivity index is 1.67. The van der Waals surface area contributed by atoms with Crippen LogP contribution < -0.4 is 10.6 Å². The number of rotatable bonds is 5. The Labute approximate surface area is 161 Å². The first-order valence-electron chi connectivity index (χ1n) is 8.03. The number of esters is 1. The van der Waals surface area contributed by atoms with E-state index in [0.717, 1.165) is 0 Å². The van der Waals surface area contributed by atoms with Crippen molar-refractivity contribution in [2.45, 2.75) is 0 Å². The van der Waals surface area contributed by atoms with Crippen LogP contribution in [0.3, 0.4) is 0 Å². The lowest BCUT2D eigenvalue weighted by Gasteiger charge is -2.09. The SMILES string of the molecule is COC(=O)c1cccc(Nc2ccc(NC(=O)c3cccc(Cl)c3)cn2)c1. The van der Waals surface area contributed by atoms with E-state index in [2.05, 4.69) is 15.6 Å². The van der Waals surface area contributed by atoms with Crippen LogP contribution in [0.2, 0.25) is 5.02 Å². The van der Waals surface area contributed by atoms with Crippen LogP contribution in [0, 0.1) is 0 Å². The minimum absolute atomic E-state index is 0.272. The van der Waals surface area contributed by atoms with Gasteiger partial charge in [0, 0.05) is 16.3 Å². The summed E-state index contributed by atoms with van der Waals surface area (Å²) in [6.45, 7) is 0. The van der Waals surface area contributed by atoms with Crippen molar-refractivity contribution in [3.63, 3.8) is 0 Å². The highest BCUT2D eigenvalue weighted by Crippen LogP contribution is 2.19. The molecule has 0 saturated carbocycles. The summed E-state index contributed by atoms with van der Waals surface area (Å²) in [7, 11) is 1.33. The number of hydrogen-bond acceptors (Lipinski definition) is 5. The fourth-order valence-corrected chi connectivity index (χ4v) is 2.55. The zero-order valence-electron chi connectivity index (χ0n) is 14.4. The average molecular weight is 382 g/mol. The Hall–Kier alpha value is -3.38. The maximum atomic E-state index is 12.2. The molecule has 0 bridgehead atoms. The van der Waals surface area contributed by atoms with Crippen molar-refractivity contribution in [1.82, 2.24) is 4.98 Å². The molecule has 0 spiro atoms. The largest absolute Gasteiger partial charge is 0.465 e. The van der Waals surface area contributed by atoms with Crippen LogP contribution in [-0.2, 0) is 4.74 Å². The summed E-state index contributed by atoms with van der Waals surface area (Å²) < 4.78 is 4.71. The minimum Gasteiger partial charge on any atom is -0.465 e. The van der Waals surface area contributed by atoms with E-state index < -0.39 is 5.97 Å². The molecule has 0 aliphatic rings. The highest BCUT2D eigenvalue weighted by atomic mass is 35.5. The predicted octanol–water partition coefficient (Wildman–Crippen LogP) is 4.52. The van der Waals surface area contributed by atoms with Gasteiger partial charge >= 0.3 is 5.97 Å². The summed E-state index contributed by atoms with van der Waals surface area (Å²) in [6, 6.07) is 17.0. The van der Waals surface area contributed by atoms with Crippen LogP contribution in [-0.4, -0.2) is 24.0 Å². The van der Waals surface area contributed by atoms with Gasteiger partial charge in [-0.25, -0.2) is 9.78 Å². The van der Waals surface area contributed by atoms with Crippen LogP contribution in [0.4, 0.5) is 17.2 Å². The van der Waals surface area contributed by atoms with E-state index in [9.17, 15) is 9.59 Å². The van der Waals surface area contributed by atoms with Gasteiger partial charge in [-0.2, -0.15) is 0 Å². The topological polar surface area (TPSA) is 80.3 Å². The fourth-order valence-electron chi connectivity index (χ4n) is 2.36. The van der Waals surface area contributed by atoms with Gasteiger partial charge in [0.05, 0.1) is 24.6 Å². The number of hydrogen-bond donors (Lipinski definition) is 2. The van der Waals surface area contributed by atoms with Crippen LogP contribution in [0.5, 0.6) is 0 Å². The first-order valence-corrected chi connectivity index (χ1v) is 8.41. The molecule has 1 amide bonds. The summed E-state index contributed by atoms with van der Waals surface area (Å²) in [5.41, 5.74) is 2.15. The number of carbonyl (C=O) groups excluding carboxylic acids is 2. The minimum atomic E-state index is -0.411. The zero-order valence-corrected chi connectivity index (χ0v) is 15.2. The number of carbonyl (C=O) groups is 2. The second kappa shape index (κ2) is 8.33. The highest BCUT2D eigenvalue weighted by molar-refractivity contribution is 6.31. The van der Waals surface area contributed by atoms with E-state index in [1.165, 1.54) is 13.3 Å². The van der Waals surface area contributed by atoms with Gasteiger partial charge in [0.2, 0.25) is 0 Å². The summed E-state index contributed by atoms with van der Waals surface area (Å²) in [5, 5.41) is 6.35. The number of nitrogens with zero attached hydrogens (tertiary/aromatic N) is 1. The van der Waals surface area contributed by atoms with Gasteiger partial charge in [-0.05, 0) is 48.5 Å². The van der Waals surface area contributed by atoms with Crippen molar-refractivity contribution in [2.75, 3.05) is 17.7 Å². The Morgan fingerprint density at radius 1 is 0.963 bits per heavy atom. The molecule has 7 heteroatoms. The first-order chi connectivity index (χ1) is 13.0. The molecule has 2 N–H and O–H groups in total. The molecule has 1 aromatic heterocycles. The van der Waals surface area contributed by atoms with E-state index in [1.54, 1.807) is 54.6 Å². The number of pyridine rings is 1. The third-order valence-electron chi connectivity index (χ3n) is 3.66. The van der Waals surface area contributed by atoms with Gasteiger partial charge in [0.25, 0.3) is 5.91 Å². The molecule has 0 atom stereocenters. The smallest absolute Gasteiger partial charge is 0.337 e. The van der Waals surface area contributed by atoms with Crippen molar-refractivity contribution in [2.24, 2.45) is 0 Å². The molecular weight excluding hydrogens is 366 g/mol. The Kier molecular flexibility index (Phi) is 5.68. The Morgan fingerprint density at radius 3 is 2.44 bits per heavy atom. The molecule has 3 aromatic rings. The van der Waals surface area contributed by atoms with Gasteiger partial charge in [-0.1, -0.05) is 23.7 Å². The molecule has 0 aliphatic heterocycles. The number of ether oxygens (including phenoxy) is 1. The molecule has 0 unspecified atom stereocenters. The molecule has 1 heterocycles. The summed E-state index contributed by atoms with van der Waals surface area (Å²) in [5.74, 6) is -0.116. The van der Waals surface area contributed by atoms with Crippen LogP contribution in [0.25, 0.3) is 0 Å². The van der Waals surface area contributed by atoms with Crippen molar-refractivity contribution in [1.29, 1.82) is 0 Å². The number of benzene rings is 2. The monoisotopic (exact) mass is 381 g/mol. The molecule has 0 fully saturated rings. The van der Waals surface area contributed by atoms with Crippen molar-refractivity contribution in [3.8, 4) is 0 Å². The quantitative estimate of drug-likeness (QED) is 0.635. The maximum absolute atomic E-state index is 12.2. The van der Waals surface area contributed by atoms with E-state index in [-0.39, 0.29) is 5.91 Å². The van der Waals surface area contributed by atoms with Crippen molar-refractivity contribution < 1.29 is 14.3 Å². The summed E-state index contributed by atoms with van der Waals surface area (Å²) >= 11 is 5.90. The van der Waals surface area contributed by atoms with E-state index in [0.29, 0.717) is 33.3 Å². The van der Waals surface area contributed by atoms with Gasteiger partial charge in [-0.15, -0.1) is 0 Å². The summed E-state index contributed by atoms with van der Waals surface area (Å²) in [4.78, 5) is 28.1. The number of nitrogens with one attached hydrogen (secondary N) is 2. The summed E-state index contributed by atoms with van der Waals surface area (Å²) in [6.07, 6.45) is 1.54. The van der Waals surface area contributed by atoms with Gasteiger partial charge in [0.15, 0.2) is 0 Å². The number of methoxy groups -OCH3 is 1. The molecule has 0 radical (unpaired) electrons. The number of anilines is 3. The van der Waals surface area contributed by atoms with Crippen LogP contribution >= 0.6 is 11.6 Å². The van der Waals surface area contributed by atoms with Gasteiger partial charge in [0.1, 0.15) is 5.82 Å². The lowest BCUT2D eigenvalue weighted by Crippen LogP contribution is -2.12. The highest BCUT2D eigenvalue weighted by Gasteiger charge is 2.08. The van der Waals surface area contributed by atoms with E-state index in [4.69, 9.17) is 16.3 Å². The zero-order chi connectivity index (χ0) is 19.2. The Bertz CT molecular complexity index is 974. The molecule has 136 valence electrons. The second-order valence-electron chi connectivity index (χ2n) is 5.59. The van der Waals surface area contributed by atoms with Crippen LogP contribution in [0.15, 0.2) is 66.9 Å². The maximum Gasteiger partial charge on any atom is 0.337 e. The number of amides is 1. The molecule has 2 aromatic carbocycles. The molecular formula is C20H16ClN3O3. The Morgan fingerprint density at radius 2 is 1.74 bits per heavy atom. The standard InChI is InChI=1S/C20H16ClN3O3/c1-27-20(26)14-5-3-7-16(11-14)23-18-9-8-17(12-22-18)24-19(25)13-4-2-6-15(21)10-13/h2-12H,1H3,(H,22,23)(H,24,25). The van der Waals surface area contributed by atoms with Crippen LogP contribution in [0.1, 0.15) is 20.7 Å². The molecule has 3 rings (SSSR count). The predicted molar refractivity (Wildman–Crippen MR) is 105 cm³/mol. The third-order valence-corrected chi connectivity index (χ3v) is 3.90. The first kappa shape index (κ1) is 18.4. The fraction of sp³-hybridized carbons (Fsp3) is 0.0500. The number of halogens is 1. The molecule has 0 aliphatic carbocycles. The molecule has 6 nitrogen and oxygen atoms in total. The average Bonchev–Trinajstić information content (AvgIpc) is 2.69. The molecule has 0 saturated heterocycles. The lowest BCUT2D eigenvalue weighted by molar-refractivity contribution is 0.0600. The van der Waals surface area contributed by atoms with E-state index in [1.807, 2.05) is 6.07 Å². The van der Waals surface area contributed by atoms with E-state index >= 15 is 0 Å². The van der Waals surface area contributed by atoms with Crippen molar-refractivity contribution >= 4 is 40.7 Å². The lowest BCUT2D eigenvalue weighted by atomic mass is 10.2. The molecule has 27 heavy (non-hydrogen) atoms. The third kappa shape index (κ3) is 4.83. The van der Waals surface area contributed by atoms with Gasteiger partial charge in [-0.3, -0.25) is 4.79 Å².